The Balaban J connectivity index is 2.22. The summed E-state index contributed by atoms with van der Waals surface area (Å²) in [5.41, 5.74) is 0.140. The zero-order valence-electron chi connectivity index (χ0n) is 29.1. The zero-order valence-corrected chi connectivity index (χ0v) is 29.1. The minimum atomic E-state index is -0.828. The molecule has 6 atom stereocenters. The summed E-state index contributed by atoms with van der Waals surface area (Å²) in [4.78, 5) is 46.3. The first kappa shape index (κ1) is 37.2. The molecule has 2 rings (SSSR count). The maximum atomic E-state index is 14.1. The second kappa shape index (κ2) is 16.4. The number of aliphatic hydroxyl groups excluding tert-OH is 1. The van der Waals surface area contributed by atoms with Crippen LogP contribution in [0.3, 0.4) is 0 Å². The second-order valence-electron chi connectivity index (χ2n) is 14.7. The van der Waals surface area contributed by atoms with Crippen LogP contribution in [0.25, 0.3) is 0 Å². The van der Waals surface area contributed by atoms with Crippen molar-refractivity contribution in [3.8, 4) is 0 Å². The van der Waals surface area contributed by atoms with Gasteiger partial charge in [0.25, 0.3) is 0 Å². The molecule has 2 saturated heterocycles. The molecule has 2 aliphatic rings. The first-order valence-electron chi connectivity index (χ1n) is 16.7. The third-order valence-electron chi connectivity index (χ3n) is 9.39. The largest absolute Gasteiger partial charge is 0.377 e. The summed E-state index contributed by atoms with van der Waals surface area (Å²) >= 11 is 0. The lowest BCUT2D eigenvalue weighted by molar-refractivity contribution is -0.139. The average Bonchev–Trinajstić information content (AvgIpc) is 3.39. The first-order valence-corrected chi connectivity index (χ1v) is 16.7. The van der Waals surface area contributed by atoms with Gasteiger partial charge < -0.3 is 20.2 Å². The summed E-state index contributed by atoms with van der Waals surface area (Å²) < 4.78 is 0. The molecule has 0 aromatic rings. The van der Waals surface area contributed by atoms with E-state index in [-0.39, 0.29) is 47.8 Å². The van der Waals surface area contributed by atoms with Crippen LogP contribution in [0.5, 0.6) is 0 Å². The molecule has 248 valence electrons. The third kappa shape index (κ3) is 10.3. The molecule has 3 N–H and O–H groups in total. The summed E-state index contributed by atoms with van der Waals surface area (Å²) in [6, 6.07) is -0.647. The van der Waals surface area contributed by atoms with Crippen molar-refractivity contribution in [3.05, 3.63) is 11.6 Å². The van der Waals surface area contributed by atoms with Crippen molar-refractivity contribution < 1.29 is 19.5 Å². The highest BCUT2D eigenvalue weighted by Crippen LogP contribution is 2.28. The highest BCUT2D eigenvalue weighted by molar-refractivity contribution is 5.94. The predicted octanol–water partition coefficient (Wildman–Crippen LogP) is 4.30. The maximum absolute atomic E-state index is 14.1. The van der Waals surface area contributed by atoms with Gasteiger partial charge in [-0.25, -0.2) is 0 Å². The van der Waals surface area contributed by atoms with Gasteiger partial charge in [-0.15, -0.1) is 0 Å². The fraction of sp³-hybridized carbons (Fsp3) is 0.853. The Kier molecular flexibility index (Phi) is 14.2. The Morgan fingerprint density at radius 2 is 1.67 bits per heavy atom. The Bertz CT molecular complexity index is 959. The Labute approximate surface area is 262 Å². The van der Waals surface area contributed by atoms with Crippen molar-refractivity contribution in [2.75, 3.05) is 20.1 Å². The van der Waals surface area contributed by atoms with Crippen molar-refractivity contribution in [2.24, 2.45) is 11.3 Å². The quantitative estimate of drug-likeness (QED) is 0.214. The van der Waals surface area contributed by atoms with Crippen LogP contribution in [-0.2, 0) is 14.4 Å². The molecule has 3 unspecified atom stereocenters. The smallest absolute Gasteiger partial charge is 0.249 e. The van der Waals surface area contributed by atoms with Gasteiger partial charge in [0.1, 0.15) is 6.23 Å². The molecule has 0 radical (unpaired) electrons. The molecule has 0 aliphatic carbocycles. The zero-order chi connectivity index (χ0) is 32.6. The van der Waals surface area contributed by atoms with Gasteiger partial charge in [-0.2, -0.15) is 0 Å². The molecule has 2 aliphatic heterocycles. The molecule has 0 aromatic heterocycles. The van der Waals surface area contributed by atoms with Gasteiger partial charge in [-0.3, -0.25) is 24.6 Å². The molecule has 0 aromatic carbocycles. The number of hydrogen-bond donors (Lipinski definition) is 3. The number of carbonyl (C=O) groups is 3. The van der Waals surface area contributed by atoms with Crippen LogP contribution in [0.2, 0.25) is 0 Å². The fourth-order valence-electron chi connectivity index (χ4n) is 6.55. The van der Waals surface area contributed by atoms with E-state index in [0.29, 0.717) is 24.6 Å². The molecular formula is C34H63N5O4. The SMILES string of the molecule is CC[C@@H](C)NC(=O)CC1CCCN1C(=O)/C(C)=C/[C@H](C(C)C)N(C)C(=O)C(N[C@H](O)C1CCCCN1C(C)C)C(C)(C)C. The van der Waals surface area contributed by atoms with Crippen LogP contribution in [-0.4, -0.2) is 100 Å². The number of likely N-dealkylation sites (tertiary alicyclic amines) is 2. The summed E-state index contributed by atoms with van der Waals surface area (Å²) in [6.07, 6.45) is 7.03. The molecular weight excluding hydrogens is 542 g/mol. The molecule has 0 saturated carbocycles. The van der Waals surface area contributed by atoms with Crippen molar-refractivity contribution in [3.63, 3.8) is 0 Å². The summed E-state index contributed by atoms with van der Waals surface area (Å²) in [5.74, 6) is -0.127. The highest BCUT2D eigenvalue weighted by atomic mass is 16.3. The van der Waals surface area contributed by atoms with Gasteiger partial charge in [0, 0.05) is 49.8 Å². The predicted molar refractivity (Wildman–Crippen MR) is 174 cm³/mol. The van der Waals surface area contributed by atoms with Crippen molar-refractivity contribution in [1.82, 2.24) is 25.3 Å². The number of hydrogen-bond acceptors (Lipinski definition) is 6. The Morgan fingerprint density at radius 1 is 1.02 bits per heavy atom. The van der Waals surface area contributed by atoms with Gasteiger partial charge in [0.05, 0.1) is 12.1 Å². The number of carbonyl (C=O) groups excluding carboxylic acids is 3. The molecule has 2 heterocycles. The number of piperidine rings is 1. The number of aliphatic hydroxyl groups is 1. The second-order valence-corrected chi connectivity index (χ2v) is 14.7. The molecule has 43 heavy (non-hydrogen) atoms. The van der Waals surface area contributed by atoms with Gasteiger partial charge >= 0.3 is 0 Å². The monoisotopic (exact) mass is 605 g/mol. The molecule has 3 amide bonds. The normalized spacial score (nSPS) is 23.3. The lowest BCUT2D eigenvalue weighted by atomic mass is 9.84. The topological polar surface area (TPSA) is 105 Å². The lowest BCUT2D eigenvalue weighted by Crippen LogP contribution is -2.62. The van der Waals surface area contributed by atoms with E-state index in [9.17, 15) is 19.5 Å². The first-order chi connectivity index (χ1) is 20.0. The van der Waals surface area contributed by atoms with E-state index in [0.717, 1.165) is 45.1 Å². The van der Waals surface area contributed by atoms with Crippen LogP contribution in [0.15, 0.2) is 11.6 Å². The number of nitrogens with one attached hydrogen (secondary N) is 2. The highest BCUT2D eigenvalue weighted by Gasteiger charge is 2.40. The lowest BCUT2D eigenvalue weighted by Gasteiger charge is -2.44. The molecule has 0 bridgehead atoms. The number of likely N-dealkylation sites (N-methyl/N-ethyl adjacent to an activating group) is 1. The fourth-order valence-corrected chi connectivity index (χ4v) is 6.55. The van der Waals surface area contributed by atoms with Crippen molar-refractivity contribution in [1.29, 1.82) is 0 Å². The van der Waals surface area contributed by atoms with E-state index in [1.54, 1.807) is 11.9 Å². The summed E-state index contributed by atoms with van der Waals surface area (Å²) in [7, 11) is 1.80. The molecule has 2 fully saturated rings. The molecule has 0 spiro atoms. The molecule has 9 heteroatoms. The van der Waals surface area contributed by atoms with Crippen LogP contribution < -0.4 is 10.6 Å². The minimum absolute atomic E-state index is 0.0151. The van der Waals surface area contributed by atoms with Crippen molar-refractivity contribution >= 4 is 17.7 Å². The van der Waals surface area contributed by atoms with E-state index >= 15 is 0 Å². The van der Waals surface area contributed by atoms with E-state index in [1.165, 1.54) is 0 Å². The van der Waals surface area contributed by atoms with Crippen LogP contribution in [0.4, 0.5) is 0 Å². The van der Waals surface area contributed by atoms with Crippen molar-refractivity contribution in [2.45, 2.75) is 157 Å². The van der Waals surface area contributed by atoms with Crippen LogP contribution >= 0.6 is 0 Å². The number of nitrogens with zero attached hydrogens (tertiary/aromatic N) is 3. The Hall–Kier alpha value is -1.97. The van der Waals surface area contributed by atoms with Gasteiger partial charge in [-0.1, -0.05) is 54.0 Å². The number of rotatable bonds is 13. The van der Waals surface area contributed by atoms with E-state index < -0.39 is 17.7 Å². The van der Waals surface area contributed by atoms with Crippen LogP contribution in [0.1, 0.15) is 114 Å². The molecule has 9 nitrogen and oxygen atoms in total. The maximum Gasteiger partial charge on any atom is 0.249 e. The number of amides is 3. The van der Waals surface area contributed by atoms with Gasteiger partial charge in [-0.05, 0) is 77.7 Å². The third-order valence-corrected chi connectivity index (χ3v) is 9.39. The van der Waals surface area contributed by atoms with Gasteiger partial charge in [0.2, 0.25) is 17.7 Å². The van der Waals surface area contributed by atoms with E-state index in [4.69, 9.17) is 0 Å². The van der Waals surface area contributed by atoms with Crippen LogP contribution in [0, 0.1) is 11.3 Å². The minimum Gasteiger partial charge on any atom is -0.377 e. The Morgan fingerprint density at radius 3 is 2.23 bits per heavy atom. The average molecular weight is 606 g/mol. The van der Waals surface area contributed by atoms with E-state index in [1.807, 2.05) is 52.5 Å². The van der Waals surface area contributed by atoms with Gasteiger partial charge in [0.15, 0.2) is 0 Å². The van der Waals surface area contributed by atoms with E-state index in [2.05, 4.69) is 43.2 Å². The standard InChI is InChI=1S/C34H63N5O4/c1-12-25(7)35-29(40)21-26-16-15-19-39(26)32(42)24(6)20-28(22(2)3)37(11)33(43)30(34(8,9)10)36-31(41)27-17-13-14-18-38(27)23(4)5/h20,22-23,25-28,30-31,36,41H,12-19,21H2,1-11H3,(H,35,40)/b24-20+/t25-,26?,27?,28-,30?,31-/m1/s1. The summed E-state index contributed by atoms with van der Waals surface area (Å²) in [5, 5.41) is 17.7. The summed E-state index contributed by atoms with van der Waals surface area (Å²) in [6.45, 7) is 21.9.